The zero-order valence-corrected chi connectivity index (χ0v) is 9.74. The van der Waals surface area contributed by atoms with Crippen molar-refractivity contribution >= 4 is 17.4 Å². The summed E-state index contributed by atoms with van der Waals surface area (Å²) in [5.74, 6) is 2.25. The Bertz CT molecular complexity index is 314. The molecular weight excluding hydrogens is 209 g/mol. The van der Waals surface area contributed by atoms with Crippen molar-refractivity contribution in [2.45, 2.75) is 25.8 Å². The molecule has 1 N–H and O–H groups in total. The zero-order chi connectivity index (χ0) is 10.7. The topological polar surface area (TPSA) is 12.0 Å². The van der Waals surface area contributed by atoms with Crippen LogP contribution in [-0.2, 0) is 0 Å². The lowest BCUT2D eigenvalue weighted by Gasteiger charge is -2.23. The third kappa shape index (κ3) is 3.13. The molecule has 0 saturated carbocycles. The van der Waals surface area contributed by atoms with E-state index in [2.05, 4.69) is 5.32 Å². The lowest BCUT2D eigenvalue weighted by Crippen LogP contribution is -2.25. The average Bonchev–Trinajstić information content (AvgIpc) is 2.17. The first-order valence-electron chi connectivity index (χ1n) is 5.35. The van der Waals surface area contributed by atoms with Gasteiger partial charge in [0.05, 0.1) is 0 Å². The Hall–Kier alpha value is -0.700. The molecule has 3 heteroatoms. The van der Waals surface area contributed by atoms with Gasteiger partial charge in [-0.15, -0.1) is 0 Å². The standard InChI is InChI=1S/C12H16FNS/c1-9-5-10(13)7-12(6-9)14-11-3-2-4-15-8-11/h5-7,11,14H,2-4,8H2,1H3/t11-/m0/s1. The van der Waals surface area contributed by atoms with Crippen molar-refractivity contribution in [2.75, 3.05) is 16.8 Å². The Kier molecular flexibility index (Phi) is 3.52. The number of halogens is 1. The van der Waals surface area contributed by atoms with E-state index in [0.717, 1.165) is 17.0 Å². The molecule has 1 aromatic rings. The minimum Gasteiger partial charge on any atom is -0.381 e. The van der Waals surface area contributed by atoms with Crippen molar-refractivity contribution in [3.8, 4) is 0 Å². The summed E-state index contributed by atoms with van der Waals surface area (Å²) in [6.07, 6.45) is 2.46. The van der Waals surface area contributed by atoms with E-state index < -0.39 is 0 Å². The molecule has 1 heterocycles. The monoisotopic (exact) mass is 225 g/mol. The van der Waals surface area contributed by atoms with Gasteiger partial charge in [-0.3, -0.25) is 0 Å². The molecule has 0 radical (unpaired) electrons. The largest absolute Gasteiger partial charge is 0.381 e. The summed E-state index contributed by atoms with van der Waals surface area (Å²) in [7, 11) is 0. The van der Waals surface area contributed by atoms with Crippen LogP contribution in [0, 0.1) is 12.7 Å². The van der Waals surface area contributed by atoms with Gasteiger partial charge >= 0.3 is 0 Å². The van der Waals surface area contributed by atoms with E-state index in [9.17, 15) is 4.39 Å². The quantitative estimate of drug-likeness (QED) is 0.827. The molecule has 1 atom stereocenters. The van der Waals surface area contributed by atoms with Gasteiger partial charge in [0.25, 0.3) is 0 Å². The van der Waals surface area contributed by atoms with Gasteiger partial charge in [-0.1, -0.05) is 0 Å². The van der Waals surface area contributed by atoms with Crippen LogP contribution in [0.15, 0.2) is 18.2 Å². The maximum atomic E-state index is 13.1. The highest BCUT2D eigenvalue weighted by Gasteiger charge is 2.13. The molecule has 15 heavy (non-hydrogen) atoms. The highest BCUT2D eigenvalue weighted by atomic mass is 32.2. The summed E-state index contributed by atoms with van der Waals surface area (Å²) < 4.78 is 13.1. The van der Waals surface area contributed by atoms with Gasteiger partial charge in [-0.2, -0.15) is 11.8 Å². The van der Waals surface area contributed by atoms with Crippen LogP contribution in [0.25, 0.3) is 0 Å². The van der Waals surface area contributed by atoms with Crippen LogP contribution in [0.2, 0.25) is 0 Å². The Morgan fingerprint density at radius 1 is 1.40 bits per heavy atom. The Labute approximate surface area is 94.5 Å². The van der Waals surface area contributed by atoms with Crippen molar-refractivity contribution < 1.29 is 4.39 Å². The molecule has 2 rings (SSSR count). The summed E-state index contributed by atoms with van der Waals surface area (Å²) in [6.45, 7) is 1.92. The van der Waals surface area contributed by atoms with E-state index in [0.29, 0.717) is 6.04 Å². The van der Waals surface area contributed by atoms with E-state index in [-0.39, 0.29) is 5.82 Å². The first-order chi connectivity index (χ1) is 7.24. The highest BCUT2D eigenvalue weighted by molar-refractivity contribution is 7.99. The maximum Gasteiger partial charge on any atom is 0.125 e. The third-order valence-electron chi connectivity index (χ3n) is 2.57. The molecular formula is C12H16FNS. The van der Waals surface area contributed by atoms with Crippen LogP contribution >= 0.6 is 11.8 Å². The van der Waals surface area contributed by atoms with Crippen molar-refractivity contribution in [1.29, 1.82) is 0 Å². The highest BCUT2D eigenvalue weighted by Crippen LogP contribution is 2.22. The van der Waals surface area contributed by atoms with Crippen molar-refractivity contribution in [3.63, 3.8) is 0 Å². The van der Waals surface area contributed by atoms with Crippen molar-refractivity contribution in [2.24, 2.45) is 0 Å². The van der Waals surface area contributed by atoms with Crippen molar-refractivity contribution in [3.05, 3.63) is 29.6 Å². The normalized spacial score (nSPS) is 21.3. The number of hydrogen-bond acceptors (Lipinski definition) is 2. The van der Waals surface area contributed by atoms with Crippen molar-refractivity contribution in [1.82, 2.24) is 0 Å². The SMILES string of the molecule is Cc1cc(F)cc(N[C@H]2CCCSC2)c1. The number of rotatable bonds is 2. The Morgan fingerprint density at radius 3 is 2.93 bits per heavy atom. The second-order valence-electron chi connectivity index (χ2n) is 4.08. The smallest absolute Gasteiger partial charge is 0.125 e. The van der Waals surface area contributed by atoms with E-state index in [1.54, 1.807) is 12.1 Å². The molecule has 0 aromatic heterocycles. The fourth-order valence-electron chi connectivity index (χ4n) is 1.91. The molecule has 1 fully saturated rings. The number of nitrogens with one attached hydrogen (secondary N) is 1. The van der Waals surface area contributed by atoms with Gasteiger partial charge in [0.2, 0.25) is 0 Å². The summed E-state index contributed by atoms with van der Waals surface area (Å²) >= 11 is 1.97. The molecule has 1 aromatic carbocycles. The lowest BCUT2D eigenvalue weighted by atomic mass is 10.1. The molecule has 0 aliphatic carbocycles. The molecule has 82 valence electrons. The van der Waals surface area contributed by atoms with E-state index in [1.807, 2.05) is 24.8 Å². The Morgan fingerprint density at radius 2 is 2.27 bits per heavy atom. The predicted molar refractivity (Wildman–Crippen MR) is 65.1 cm³/mol. The van der Waals surface area contributed by atoms with Crippen LogP contribution in [0.3, 0.4) is 0 Å². The van der Waals surface area contributed by atoms with Gasteiger partial charge in [-0.25, -0.2) is 4.39 Å². The third-order valence-corrected chi connectivity index (χ3v) is 3.79. The molecule has 0 amide bonds. The number of aryl methyl sites for hydroxylation is 1. The molecule has 0 bridgehead atoms. The zero-order valence-electron chi connectivity index (χ0n) is 8.92. The van der Waals surface area contributed by atoms with Crippen LogP contribution in [0.4, 0.5) is 10.1 Å². The fourth-order valence-corrected chi connectivity index (χ4v) is 2.98. The molecule has 0 spiro atoms. The van der Waals surface area contributed by atoms with Gasteiger partial charge in [0, 0.05) is 17.5 Å². The first-order valence-corrected chi connectivity index (χ1v) is 6.51. The molecule has 1 aliphatic rings. The van der Waals surface area contributed by atoms with E-state index in [4.69, 9.17) is 0 Å². The Balaban J connectivity index is 2.02. The average molecular weight is 225 g/mol. The molecule has 1 nitrogen and oxygen atoms in total. The van der Waals surface area contributed by atoms with Crippen LogP contribution < -0.4 is 5.32 Å². The second-order valence-corrected chi connectivity index (χ2v) is 5.23. The van der Waals surface area contributed by atoms with Gasteiger partial charge in [0.15, 0.2) is 0 Å². The number of benzene rings is 1. The first kappa shape index (κ1) is 10.8. The van der Waals surface area contributed by atoms with Gasteiger partial charge in [0.1, 0.15) is 5.82 Å². The van der Waals surface area contributed by atoms with Gasteiger partial charge < -0.3 is 5.32 Å². The minimum atomic E-state index is -0.152. The second kappa shape index (κ2) is 4.88. The van der Waals surface area contributed by atoms with Crippen LogP contribution in [0.1, 0.15) is 18.4 Å². The summed E-state index contributed by atoms with van der Waals surface area (Å²) in [4.78, 5) is 0. The molecule has 1 aliphatic heterocycles. The lowest BCUT2D eigenvalue weighted by molar-refractivity contribution is 0.625. The summed E-state index contributed by atoms with van der Waals surface area (Å²) in [5, 5.41) is 3.40. The predicted octanol–water partition coefficient (Wildman–Crippen LogP) is 3.44. The summed E-state index contributed by atoms with van der Waals surface area (Å²) in [5.41, 5.74) is 1.89. The number of anilines is 1. The van der Waals surface area contributed by atoms with E-state index >= 15 is 0 Å². The maximum absolute atomic E-state index is 13.1. The fraction of sp³-hybridized carbons (Fsp3) is 0.500. The minimum absolute atomic E-state index is 0.152. The molecule has 0 unspecified atom stereocenters. The summed E-state index contributed by atoms with van der Waals surface area (Å²) in [6, 6.07) is 5.64. The number of hydrogen-bond donors (Lipinski definition) is 1. The molecule has 1 saturated heterocycles. The van der Waals surface area contributed by atoms with Crippen LogP contribution in [-0.4, -0.2) is 17.5 Å². The van der Waals surface area contributed by atoms with Crippen LogP contribution in [0.5, 0.6) is 0 Å². The van der Waals surface area contributed by atoms with E-state index in [1.165, 1.54) is 18.6 Å². The van der Waals surface area contributed by atoms with Gasteiger partial charge in [-0.05, 0) is 49.3 Å². The number of thioether (sulfide) groups is 1.